The van der Waals surface area contributed by atoms with E-state index in [9.17, 15) is 4.79 Å². The molecule has 0 aliphatic carbocycles. The van der Waals surface area contributed by atoms with E-state index >= 15 is 0 Å². The lowest BCUT2D eigenvalue weighted by atomic mass is 10.2. The molecule has 54 valence electrons. The van der Waals surface area contributed by atoms with E-state index in [0.29, 0.717) is 5.56 Å². The van der Waals surface area contributed by atoms with Gasteiger partial charge >= 0.3 is 0 Å². The number of hydrogen-bond donors (Lipinski definition) is 0. The van der Waals surface area contributed by atoms with Crippen molar-refractivity contribution in [3.05, 3.63) is 23.8 Å². The highest BCUT2D eigenvalue weighted by Gasteiger charge is 1.99. The molecule has 4 heteroatoms. The summed E-state index contributed by atoms with van der Waals surface area (Å²) in [6, 6.07) is 1.76. The summed E-state index contributed by atoms with van der Waals surface area (Å²) in [6.45, 7) is 1.42. The number of carbonyl (C=O) groups excluding carboxylic acids is 1. The van der Waals surface area contributed by atoms with Crippen LogP contribution in [-0.2, 0) is 0 Å². The van der Waals surface area contributed by atoms with Crippen LogP contribution in [0.4, 0.5) is 0 Å². The van der Waals surface area contributed by atoms with Crippen molar-refractivity contribution in [3.63, 3.8) is 0 Å². The highest BCUT2D eigenvalue weighted by Crippen LogP contribution is 1.95. The molecule has 0 N–H and O–H groups in total. The van der Waals surface area contributed by atoms with E-state index in [0.717, 1.165) is 0 Å². The van der Waals surface area contributed by atoms with E-state index in [4.69, 9.17) is 5.26 Å². The smallest absolute Gasteiger partial charge is 0.232 e. The molecule has 0 fully saturated rings. The first-order chi connectivity index (χ1) is 5.24. The van der Waals surface area contributed by atoms with E-state index in [1.807, 2.05) is 0 Å². The fourth-order valence-electron chi connectivity index (χ4n) is 0.568. The number of nitriles is 1. The Morgan fingerprint density at radius 2 is 2.09 bits per heavy atom. The molecule has 1 aromatic rings. The predicted molar refractivity (Wildman–Crippen MR) is 36.8 cm³/mol. The Morgan fingerprint density at radius 3 is 2.45 bits per heavy atom. The lowest BCUT2D eigenvalue weighted by Gasteiger charge is -1.90. The number of carbonyl (C=O) groups is 1. The summed E-state index contributed by atoms with van der Waals surface area (Å²) in [4.78, 5) is 17.9. The number of ketones is 1. The first kappa shape index (κ1) is 7.35. The van der Waals surface area contributed by atoms with Gasteiger partial charge in [-0.15, -0.1) is 0 Å². The molecule has 0 saturated carbocycles. The number of rotatable bonds is 1. The summed E-state index contributed by atoms with van der Waals surface area (Å²) in [5, 5.41) is 8.31. The van der Waals surface area contributed by atoms with Gasteiger partial charge in [0.05, 0.1) is 5.56 Å². The average molecular weight is 147 g/mol. The summed E-state index contributed by atoms with van der Waals surface area (Å²) in [5.41, 5.74) is 0.420. The third-order valence-electron chi connectivity index (χ3n) is 1.16. The maximum Gasteiger partial charge on any atom is 0.232 e. The lowest BCUT2D eigenvalue weighted by molar-refractivity contribution is 0.101. The Kier molecular flexibility index (Phi) is 1.93. The highest BCUT2D eigenvalue weighted by molar-refractivity contribution is 5.93. The molecule has 0 aliphatic rings. The largest absolute Gasteiger partial charge is 0.294 e. The van der Waals surface area contributed by atoms with Gasteiger partial charge in [-0.05, 0) is 6.92 Å². The van der Waals surface area contributed by atoms with E-state index in [1.54, 1.807) is 6.07 Å². The van der Waals surface area contributed by atoms with Crippen molar-refractivity contribution in [3.8, 4) is 6.07 Å². The van der Waals surface area contributed by atoms with Gasteiger partial charge in [0.15, 0.2) is 5.78 Å². The normalized spacial score (nSPS) is 8.73. The molecular weight excluding hydrogens is 142 g/mol. The van der Waals surface area contributed by atoms with Gasteiger partial charge in [0.2, 0.25) is 5.82 Å². The van der Waals surface area contributed by atoms with Gasteiger partial charge in [-0.3, -0.25) is 4.79 Å². The van der Waals surface area contributed by atoms with Crippen LogP contribution in [0, 0.1) is 11.3 Å². The van der Waals surface area contributed by atoms with Crippen molar-refractivity contribution in [2.45, 2.75) is 6.92 Å². The molecule has 0 amide bonds. The fourth-order valence-corrected chi connectivity index (χ4v) is 0.568. The zero-order valence-corrected chi connectivity index (χ0v) is 5.90. The quantitative estimate of drug-likeness (QED) is 0.544. The molecule has 4 nitrogen and oxygen atoms in total. The molecule has 0 radical (unpaired) electrons. The Bertz CT molecular complexity index is 309. The monoisotopic (exact) mass is 147 g/mol. The van der Waals surface area contributed by atoms with Gasteiger partial charge in [0, 0.05) is 12.4 Å². The lowest BCUT2D eigenvalue weighted by Crippen LogP contribution is -1.96. The number of aromatic nitrogens is 2. The molecular formula is C7H5N3O. The van der Waals surface area contributed by atoms with Crippen LogP contribution in [0.5, 0.6) is 0 Å². The predicted octanol–water partition coefficient (Wildman–Crippen LogP) is 0.551. The van der Waals surface area contributed by atoms with Gasteiger partial charge in [-0.1, -0.05) is 0 Å². The van der Waals surface area contributed by atoms with E-state index in [2.05, 4.69) is 9.97 Å². The summed E-state index contributed by atoms with van der Waals surface area (Å²) < 4.78 is 0. The molecule has 1 heterocycles. The second-order valence-corrected chi connectivity index (χ2v) is 1.96. The van der Waals surface area contributed by atoms with Crippen molar-refractivity contribution in [1.29, 1.82) is 5.26 Å². The van der Waals surface area contributed by atoms with E-state index < -0.39 is 0 Å². The van der Waals surface area contributed by atoms with Crippen LogP contribution < -0.4 is 0 Å². The van der Waals surface area contributed by atoms with Gasteiger partial charge in [-0.2, -0.15) is 5.26 Å². The van der Waals surface area contributed by atoms with Crippen LogP contribution in [-0.4, -0.2) is 15.8 Å². The molecule has 11 heavy (non-hydrogen) atoms. The van der Waals surface area contributed by atoms with Gasteiger partial charge in [-0.25, -0.2) is 9.97 Å². The zero-order chi connectivity index (χ0) is 8.27. The maximum atomic E-state index is 10.7. The highest BCUT2D eigenvalue weighted by atomic mass is 16.1. The average Bonchev–Trinajstić information content (AvgIpc) is 2.05. The first-order valence-electron chi connectivity index (χ1n) is 2.97. The minimum absolute atomic E-state index is 0.0787. The molecule has 0 bridgehead atoms. The molecule has 0 atom stereocenters. The standard InChI is InChI=1S/C7H5N3O/c1-5(11)6-3-9-7(2-8)10-4-6/h3-4H,1H3. The van der Waals surface area contributed by atoms with Crippen molar-refractivity contribution in [2.24, 2.45) is 0 Å². The molecule has 1 aromatic heterocycles. The Morgan fingerprint density at radius 1 is 1.55 bits per heavy atom. The third kappa shape index (κ3) is 1.58. The Labute approximate surface area is 63.5 Å². The molecule has 1 rings (SSSR count). The SMILES string of the molecule is CC(=O)c1cnc(C#N)nc1. The molecule has 0 aliphatic heterocycles. The summed E-state index contributed by atoms with van der Waals surface area (Å²) in [7, 11) is 0. The van der Waals surface area contributed by atoms with E-state index in [-0.39, 0.29) is 11.6 Å². The Hall–Kier alpha value is -1.76. The molecule has 0 unspecified atom stereocenters. The fraction of sp³-hybridized carbons (Fsp3) is 0.143. The van der Waals surface area contributed by atoms with Gasteiger partial charge in [0.25, 0.3) is 0 Å². The summed E-state index contributed by atoms with van der Waals surface area (Å²) >= 11 is 0. The second-order valence-electron chi connectivity index (χ2n) is 1.96. The number of Topliss-reactive ketones (excluding diaryl/α,β-unsaturated/α-hetero) is 1. The minimum Gasteiger partial charge on any atom is -0.294 e. The van der Waals surface area contributed by atoms with Crippen LogP contribution in [0.1, 0.15) is 23.1 Å². The van der Waals surface area contributed by atoms with Crippen LogP contribution >= 0.6 is 0 Å². The van der Waals surface area contributed by atoms with Crippen LogP contribution in [0.15, 0.2) is 12.4 Å². The zero-order valence-electron chi connectivity index (χ0n) is 5.90. The van der Waals surface area contributed by atoms with Gasteiger partial charge in [0.1, 0.15) is 6.07 Å². The van der Waals surface area contributed by atoms with Crippen molar-refractivity contribution >= 4 is 5.78 Å². The van der Waals surface area contributed by atoms with Crippen molar-refractivity contribution in [2.75, 3.05) is 0 Å². The van der Waals surface area contributed by atoms with Crippen LogP contribution in [0.2, 0.25) is 0 Å². The molecule has 0 aromatic carbocycles. The second kappa shape index (κ2) is 2.88. The topological polar surface area (TPSA) is 66.6 Å². The van der Waals surface area contributed by atoms with Crippen molar-refractivity contribution < 1.29 is 4.79 Å². The van der Waals surface area contributed by atoms with Gasteiger partial charge < -0.3 is 0 Å². The minimum atomic E-state index is -0.102. The summed E-state index contributed by atoms with van der Waals surface area (Å²) in [6.07, 6.45) is 2.68. The van der Waals surface area contributed by atoms with Crippen LogP contribution in [0.25, 0.3) is 0 Å². The Balaban J connectivity index is 3.03. The van der Waals surface area contributed by atoms with E-state index in [1.165, 1.54) is 19.3 Å². The maximum absolute atomic E-state index is 10.7. The third-order valence-corrected chi connectivity index (χ3v) is 1.16. The first-order valence-corrected chi connectivity index (χ1v) is 2.97. The van der Waals surface area contributed by atoms with Crippen molar-refractivity contribution in [1.82, 2.24) is 9.97 Å². The number of hydrogen-bond acceptors (Lipinski definition) is 4. The molecule has 0 spiro atoms. The summed E-state index contributed by atoms with van der Waals surface area (Å²) in [5.74, 6) is -0.0236. The van der Waals surface area contributed by atoms with Crippen LogP contribution in [0.3, 0.4) is 0 Å². The molecule has 0 saturated heterocycles. The number of nitrogens with zero attached hydrogens (tertiary/aromatic N) is 3.